The molecule has 1 aromatic carbocycles. The molecule has 0 unspecified atom stereocenters. The van der Waals surface area contributed by atoms with Gasteiger partial charge in [-0.2, -0.15) is 13.2 Å². The largest absolute Gasteiger partial charge is 0.431 e. The van der Waals surface area contributed by atoms with Crippen molar-refractivity contribution in [3.05, 3.63) is 35.5 Å². The third-order valence-corrected chi connectivity index (χ3v) is 2.46. The Hall–Kier alpha value is -1.49. The van der Waals surface area contributed by atoms with Crippen LogP contribution in [0.3, 0.4) is 0 Å². The summed E-state index contributed by atoms with van der Waals surface area (Å²) in [4.78, 5) is 2.35. The maximum absolute atomic E-state index is 12.7. The van der Waals surface area contributed by atoms with Gasteiger partial charge in [-0.15, -0.1) is 0 Å². The minimum absolute atomic E-state index is 0.00113. The monoisotopic (exact) mass is 229 g/mol. The van der Waals surface area contributed by atoms with E-state index in [-0.39, 0.29) is 18.6 Å². The number of aliphatic hydroxyl groups excluding tert-OH is 1. The van der Waals surface area contributed by atoms with Crippen LogP contribution in [0.4, 0.5) is 13.2 Å². The maximum Gasteiger partial charge on any atom is 0.431 e. The summed E-state index contributed by atoms with van der Waals surface area (Å²) in [5.41, 5.74) is -0.188. The van der Waals surface area contributed by atoms with E-state index in [0.29, 0.717) is 10.9 Å². The number of aromatic nitrogens is 1. The quantitative estimate of drug-likeness (QED) is 0.816. The number of aliphatic hydroxyl groups is 1. The average molecular weight is 229 g/mol. The maximum atomic E-state index is 12.7. The van der Waals surface area contributed by atoms with Crippen LogP contribution in [0, 0.1) is 0 Å². The molecule has 0 saturated carbocycles. The van der Waals surface area contributed by atoms with E-state index < -0.39 is 11.9 Å². The third kappa shape index (κ3) is 1.78. The summed E-state index contributed by atoms with van der Waals surface area (Å²) in [5, 5.41) is 9.32. The molecule has 86 valence electrons. The molecule has 0 aliphatic heterocycles. The number of alkyl halides is 3. The summed E-state index contributed by atoms with van der Waals surface area (Å²) in [5.74, 6) is 0. The lowest BCUT2D eigenvalue weighted by atomic mass is 10.1. The standard InChI is InChI=1S/C11H10F3NO/c12-11(13,14)10-8(5-6-16)7-3-1-2-4-9(7)15-10/h1-4,15-16H,5-6H2. The number of H-pyrrole nitrogens is 1. The van der Waals surface area contributed by atoms with Crippen LogP contribution in [0.1, 0.15) is 11.3 Å². The summed E-state index contributed by atoms with van der Waals surface area (Å²) in [6, 6.07) is 6.55. The first-order valence-corrected chi connectivity index (χ1v) is 4.81. The lowest BCUT2D eigenvalue weighted by molar-refractivity contribution is -0.141. The topological polar surface area (TPSA) is 36.0 Å². The van der Waals surface area contributed by atoms with Crippen LogP contribution in [-0.4, -0.2) is 16.7 Å². The van der Waals surface area contributed by atoms with Gasteiger partial charge in [-0.1, -0.05) is 18.2 Å². The molecule has 0 saturated heterocycles. The zero-order chi connectivity index (χ0) is 11.8. The minimum Gasteiger partial charge on any atom is -0.396 e. The second-order valence-corrected chi connectivity index (χ2v) is 3.50. The molecule has 2 rings (SSSR count). The average Bonchev–Trinajstić information content (AvgIpc) is 2.58. The van der Waals surface area contributed by atoms with E-state index >= 15 is 0 Å². The predicted octanol–water partition coefficient (Wildman–Crippen LogP) is 2.72. The van der Waals surface area contributed by atoms with Gasteiger partial charge in [0.25, 0.3) is 0 Å². The molecule has 0 aliphatic rings. The number of hydrogen-bond acceptors (Lipinski definition) is 1. The van der Waals surface area contributed by atoms with Crippen LogP contribution in [0.2, 0.25) is 0 Å². The zero-order valence-electron chi connectivity index (χ0n) is 8.30. The number of para-hydroxylation sites is 1. The van der Waals surface area contributed by atoms with E-state index in [0.717, 1.165) is 0 Å². The second-order valence-electron chi connectivity index (χ2n) is 3.50. The van der Waals surface area contributed by atoms with Crippen molar-refractivity contribution < 1.29 is 18.3 Å². The molecule has 2 nitrogen and oxygen atoms in total. The van der Waals surface area contributed by atoms with Crippen molar-refractivity contribution in [2.24, 2.45) is 0 Å². The zero-order valence-corrected chi connectivity index (χ0v) is 8.30. The van der Waals surface area contributed by atoms with E-state index in [1.165, 1.54) is 0 Å². The Balaban J connectivity index is 2.68. The fourth-order valence-corrected chi connectivity index (χ4v) is 1.81. The van der Waals surface area contributed by atoms with Crippen molar-refractivity contribution in [1.82, 2.24) is 4.98 Å². The van der Waals surface area contributed by atoms with Gasteiger partial charge < -0.3 is 10.1 Å². The van der Waals surface area contributed by atoms with Gasteiger partial charge in [0.2, 0.25) is 0 Å². The van der Waals surface area contributed by atoms with Crippen molar-refractivity contribution in [1.29, 1.82) is 0 Å². The Labute approximate surface area is 89.7 Å². The SMILES string of the molecule is OCCc1c(C(F)(F)F)[nH]c2ccccc12. The summed E-state index contributed by atoms with van der Waals surface area (Å²) < 4.78 is 38.1. The Morgan fingerprint density at radius 1 is 1.19 bits per heavy atom. The van der Waals surface area contributed by atoms with Crippen molar-refractivity contribution in [3.8, 4) is 0 Å². The number of hydrogen-bond donors (Lipinski definition) is 2. The number of benzene rings is 1. The summed E-state index contributed by atoms with van der Waals surface area (Å²) in [6.45, 7) is -0.301. The van der Waals surface area contributed by atoms with E-state index in [1.54, 1.807) is 24.3 Å². The Morgan fingerprint density at radius 3 is 2.50 bits per heavy atom. The molecule has 5 heteroatoms. The van der Waals surface area contributed by atoms with E-state index in [1.807, 2.05) is 0 Å². The lowest BCUT2D eigenvalue weighted by Gasteiger charge is -2.06. The van der Waals surface area contributed by atoms with Crippen LogP contribution in [-0.2, 0) is 12.6 Å². The fourth-order valence-electron chi connectivity index (χ4n) is 1.81. The third-order valence-electron chi connectivity index (χ3n) is 2.46. The highest BCUT2D eigenvalue weighted by Crippen LogP contribution is 2.35. The molecule has 0 atom stereocenters. The van der Waals surface area contributed by atoms with Crippen molar-refractivity contribution in [2.45, 2.75) is 12.6 Å². The van der Waals surface area contributed by atoms with Gasteiger partial charge in [-0.25, -0.2) is 0 Å². The molecule has 0 fully saturated rings. The van der Waals surface area contributed by atoms with Gasteiger partial charge in [-0.3, -0.25) is 0 Å². The first-order chi connectivity index (χ1) is 7.54. The molecule has 0 radical (unpaired) electrons. The summed E-state index contributed by atoms with van der Waals surface area (Å²) >= 11 is 0. The van der Waals surface area contributed by atoms with Crippen LogP contribution >= 0.6 is 0 Å². The molecule has 0 spiro atoms. The van der Waals surface area contributed by atoms with Gasteiger partial charge in [0.05, 0.1) is 0 Å². The molecule has 2 aromatic rings. The number of fused-ring (bicyclic) bond motifs is 1. The van der Waals surface area contributed by atoms with E-state index in [2.05, 4.69) is 4.98 Å². The predicted molar refractivity (Wildman–Crippen MR) is 54.1 cm³/mol. The molecule has 0 aliphatic carbocycles. The highest BCUT2D eigenvalue weighted by atomic mass is 19.4. The van der Waals surface area contributed by atoms with Crippen molar-refractivity contribution in [3.63, 3.8) is 0 Å². The molecule has 16 heavy (non-hydrogen) atoms. The Morgan fingerprint density at radius 2 is 1.88 bits per heavy atom. The second kappa shape index (κ2) is 3.83. The van der Waals surface area contributed by atoms with Crippen LogP contribution in [0.25, 0.3) is 10.9 Å². The highest BCUT2D eigenvalue weighted by molar-refractivity contribution is 5.84. The Bertz CT molecular complexity index is 501. The number of nitrogens with one attached hydrogen (secondary N) is 1. The van der Waals surface area contributed by atoms with Gasteiger partial charge in [0.1, 0.15) is 5.69 Å². The fraction of sp³-hybridized carbons (Fsp3) is 0.273. The van der Waals surface area contributed by atoms with Crippen molar-refractivity contribution in [2.75, 3.05) is 6.61 Å². The minimum atomic E-state index is -4.41. The number of halogens is 3. The Kier molecular flexibility index (Phi) is 2.63. The van der Waals surface area contributed by atoms with Crippen LogP contribution in [0.15, 0.2) is 24.3 Å². The van der Waals surface area contributed by atoms with E-state index in [9.17, 15) is 13.2 Å². The summed E-state index contributed by atoms with van der Waals surface area (Å²) in [6.07, 6.45) is -4.41. The van der Waals surface area contributed by atoms with Gasteiger partial charge in [0, 0.05) is 17.5 Å². The smallest absolute Gasteiger partial charge is 0.396 e. The first-order valence-electron chi connectivity index (χ1n) is 4.81. The number of rotatable bonds is 2. The molecular formula is C11H10F3NO. The molecule has 1 heterocycles. The van der Waals surface area contributed by atoms with Crippen LogP contribution in [0.5, 0.6) is 0 Å². The number of aromatic amines is 1. The molecular weight excluding hydrogens is 219 g/mol. The molecule has 2 N–H and O–H groups in total. The molecule has 0 bridgehead atoms. The van der Waals surface area contributed by atoms with Gasteiger partial charge >= 0.3 is 6.18 Å². The van der Waals surface area contributed by atoms with Crippen LogP contribution < -0.4 is 0 Å². The van der Waals surface area contributed by atoms with Gasteiger partial charge in [-0.05, 0) is 18.1 Å². The molecule has 1 aromatic heterocycles. The molecule has 0 amide bonds. The normalized spacial score (nSPS) is 12.2. The van der Waals surface area contributed by atoms with Gasteiger partial charge in [0.15, 0.2) is 0 Å². The summed E-state index contributed by atoms with van der Waals surface area (Å²) in [7, 11) is 0. The van der Waals surface area contributed by atoms with Crippen molar-refractivity contribution >= 4 is 10.9 Å². The lowest BCUT2D eigenvalue weighted by Crippen LogP contribution is -2.09. The highest BCUT2D eigenvalue weighted by Gasteiger charge is 2.35. The van der Waals surface area contributed by atoms with E-state index in [4.69, 9.17) is 5.11 Å². The first kappa shape index (κ1) is 11.0.